The maximum absolute atomic E-state index is 14.0. The molecule has 0 saturated heterocycles. The largest absolute Gasteiger partial charge is 0.503 e. The highest BCUT2D eigenvalue weighted by atomic mass is 19.2. The van der Waals surface area contributed by atoms with E-state index in [-0.39, 0.29) is 13.0 Å². The summed E-state index contributed by atoms with van der Waals surface area (Å²) in [4.78, 5) is 13.6. The van der Waals surface area contributed by atoms with Crippen molar-refractivity contribution in [2.24, 2.45) is 0 Å². The molecule has 2 aromatic carbocycles. The van der Waals surface area contributed by atoms with Crippen molar-refractivity contribution in [1.82, 2.24) is 4.90 Å². The minimum absolute atomic E-state index is 0.170. The third-order valence-electron chi connectivity index (χ3n) is 3.74. The van der Waals surface area contributed by atoms with Gasteiger partial charge in [0.15, 0.2) is 17.4 Å². The zero-order chi connectivity index (χ0) is 17.9. The molecule has 0 heterocycles. The van der Waals surface area contributed by atoms with Gasteiger partial charge in [-0.25, -0.2) is 8.78 Å². The van der Waals surface area contributed by atoms with Crippen LogP contribution in [0.1, 0.15) is 28.4 Å². The van der Waals surface area contributed by atoms with Crippen molar-refractivity contribution in [2.45, 2.75) is 12.5 Å². The van der Waals surface area contributed by atoms with Crippen LogP contribution in [0, 0.1) is 17.5 Å². The van der Waals surface area contributed by atoms with E-state index in [0.29, 0.717) is 11.6 Å². The highest BCUT2D eigenvalue weighted by molar-refractivity contribution is 5.95. The number of nitrogens with zero attached hydrogens (tertiary/aromatic N) is 1. The molecule has 0 aromatic heterocycles. The summed E-state index contributed by atoms with van der Waals surface area (Å²) < 4.78 is 40.5. The third-order valence-corrected chi connectivity index (χ3v) is 3.74. The van der Waals surface area contributed by atoms with Crippen molar-refractivity contribution in [2.75, 3.05) is 13.7 Å². The van der Waals surface area contributed by atoms with Crippen LogP contribution in [0.2, 0.25) is 0 Å². The topological polar surface area (TPSA) is 60.8 Å². The molecular weight excluding hydrogens is 323 g/mol. The molecule has 24 heavy (non-hydrogen) atoms. The zero-order valence-electron chi connectivity index (χ0n) is 12.8. The van der Waals surface area contributed by atoms with Crippen LogP contribution in [0.4, 0.5) is 13.2 Å². The summed E-state index contributed by atoms with van der Waals surface area (Å²) in [6.45, 7) is -0.233. The van der Waals surface area contributed by atoms with E-state index in [0.717, 1.165) is 4.90 Å². The molecule has 128 valence electrons. The highest BCUT2D eigenvalue weighted by Gasteiger charge is 2.28. The number of aliphatic hydroxyl groups is 1. The van der Waals surface area contributed by atoms with E-state index in [1.165, 1.54) is 7.05 Å². The van der Waals surface area contributed by atoms with E-state index < -0.39 is 40.7 Å². The summed E-state index contributed by atoms with van der Waals surface area (Å²) in [7, 11) is 1.35. The number of halogens is 3. The smallest absolute Gasteiger partial charge is 0.257 e. The normalized spacial score (nSPS) is 12.0. The fourth-order valence-corrected chi connectivity index (χ4v) is 2.46. The van der Waals surface area contributed by atoms with Crippen LogP contribution >= 0.6 is 0 Å². The fraction of sp³-hybridized carbons (Fsp3) is 0.235. The van der Waals surface area contributed by atoms with Gasteiger partial charge in [-0.05, 0) is 18.1 Å². The Kier molecular flexibility index (Phi) is 5.46. The quantitative estimate of drug-likeness (QED) is 0.823. The molecule has 7 heteroatoms. The van der Waals surface area contributed by atoms with Gasteiger partial charge in [0.05, 0.1) is 11.6 Å². The Labute approximate surface area is 136 Å². The molecule has 0 bridgehead atoms. The van der Waals surface area contributed by atoms with Crippen molar-refractivity contribution in [3.63, 3.8) is 0 Å². The van der Waals surface area contributed by atoms with Crippen molar-refractivity contribution in [3.8, 4) is 5.75 Å². The van der Waals surface area contributed by atoms with Gasteiger partial charge in [-0.15, -0.1) is 0 Å². The van der Waals surface area contributed by atoms with Crippen LogP contribution in [0.3, 0.4) is 0 Å². The lowest BCUT2D eigenvalue weighted by atomic mass is 10.0. The maximum atomic E-state index is 14.0. The van der Waals surface area contributed by atoms with E-state index >= 15 is 0 Å². The number of phenolic OH excluding ortho intramolecular Hbond substituents is 1. The monoisotopic (exact) mass is 339 g/mol. The van der Waals surface area contributed by atoms with E-state index in [1.807, 2.05) is 0 Å². The Balaban J connectivity index is 2.41. The number of carbonyl (C=O) groups excluding carboxylic acids is 1. The first-order valence-electron chi connectivity index (χ1n) is 7.17. The Morgan fingerprint density at radius 2 is 1.79 bits per heavy atom. The van der Waals surface area contributed by atoms with Gasteiger partial charge in [0.25, 0.3) is 5.91 Å². The van der Waals surface area contributed by atoms with Crippen LogP contribution in [-0.2, 0) is 0 Å². The van der Waals surface area contributed by atoms with Crippen molar-refractivity contribution in [1.29, 1.82) is 0 Å². The molecule has 0 aliphatic carbocycles. The second kappa shape index (κ2) is 7.35. The maximum Gasteiger partial charge on any atom is 0.257 e. The number of hydrogen-bond acceptors (Lipinski definition) is 3. The van der Waals surface area contributed by atoms with Gasteiger partial charge in [-0.3, -0.25) is 4.79 Å². The van der Waals surface area contributed by atoms with Crippen LogP contribution in [0.5, 0.6) is 5.75 Å². The van der Waals surface area contributed by atoms with Crippen LogP contribution < -0.4 is 0 Å². The predicted octanol–water partition coefficient (Wildman–Crippen LogP) is 3.01. The summed E-state index contributed by atoms with van der Waals surface area (Å²) >= 11 is 0. The lowest BCUT2D eigenvalue weighted by molar-refractivity contribution is 0.0698. The number of carbonyl (C=O) groups is 1. The first-order valence-corrected chi connectivity index (χ1v) is 7.17. The highest BCUT2D eigenvalue weighted by Crippen LogP contribution is 2.29. The number of amides is 1. The SMILES string of the molecule is CN(C(=O)c1cc(F)c(F)c(O)c1F)[C@@H](CCO)c1ccccc1. The second-order valence-electron chi connectivity index (χ2n) is 5.24. The van der Waals surface area contributed by atoms with Crippen molar-refractivity contribution in [3.05, 3.63) is 65.0 Å². The third kappa shape index (κ3) is 3.35. The Hall–Kier alpha value is -2.54. The molecule has 2 N–H and O–H groups in total. The first kappa shape index (κ1) is 17.8. The average molecular weight is 339 g/mol. The number of benzene rings is 2. The van der Waals surface area contributed by atoms with E-state index in [4.69, 9.17) is 0 Å². The summed E-state index contributed by atoms with van der Waals surface area (Å²) in [5.74, 6) is -7.28. The molecule has 0 saturated carbocycles. The van der Waals surface area contributed by atoms with Gasteiger partial charge < -0.3 is 15.1 Å². The molecule has 0 fully saturated rings. The minimum Gasteiger partial charge on any atom is -0.503 e. The molecule has 1 atom stereocenters. The van der Waals surface area contributed by atoms with Crippen molar-refractivity contribution >= 4 is 5.91 Å². The van der Waals surface area contributed by atoms with Crippen LogP contribution in [0.15, 0.2) is 36.4 Å². The number of aliphatic hydroxyl groups excluding tert-OH is 1. The molecule has 0 spiro atoms. The Morgan fingerprint density at radius 1 is 1.17 bits per heavy atom. The molecule has 2 rings (SSSR count). The first-order chi connectivity index (χ1) is 11.4. The fourth-order valence-electron chi connectivity index (χ4n) is 2.46. The predicted molar refractivity (Wildman–Crippen MR) is 81.0 cm³/mol. The second-order valence-corrected chi connectivity index (χ2v) is 5.24. The van der Waals surface area contributed by atoms with Gasteiger partial charge in [0.1, 0.15) is 0 Å². The molecule has 0 aliphatic heterocycles. The van der Waals surface area contributed by atoms with Gasteiger partial charge in [-0.1, -0.05) is 30.3 Å². The summed E-state index contributed by atoms with van der Waals surface area (Å²) in [6, 6.07) is 8.51. The van der Waals surface area contributed by atoms with E-state index in [9.17, 15) is 28.2 Å². The van der Waals surface area contributed by atoms with Crippen LogP contribution in [0.25, 0.3) is 0 Å². The lowest BCUT2D eigenvalue weighted by Crippen LogP contribution is -2.32. The molecule has 2 aromatic rings. The van der Waals surface area contributed by atoms with Crippen LogP contribution in [-0.4, -0.2) is 34.7 Å². The average Bonchev–Trinajstić information content (AvgIpc) is 2.60. The van der Waals surface area contributed by atoms with E-state index in [1.54, 1.807) is 30.3 Å². The number of hydrogen-bond donors (Lipinski definition) is 2. The molecule has 0 aliphatic rings. The Bertz CT molecular complexity index is 738. The molecule has 0 unspecified atom stereocenters. The van der Waals surface area contributed by atoms with Gasteiger partial charge in [0.2, 0.25) is 5.82 Å². The van der Waals surface area contributed by atoms with Gasteiger partial charge in [-0.2, -0.15) is 4.39 Å². The number of phenols is 1. The Morgan fingerprint density at radius 3 is 2.38 bits per heavy atom. The van der Waals surface area contributed by atoms with E-state index in [2.05, 4.69) is 0 Å². The van der Waals surface area contributed by atoms with Crippen molar-refractivity contribution < 1.29 is 28.2 Å². The van der Waals surface area contributed by atoms with Gasteiger partial charge >= 0.3 is 0 Å². The number of aromatic hydroxyl groups is 1. The standard InChI is InChI=1S/C17H16F3NO3/c1-21(13(7-8-22)10-5-3-2-4-6-10)17(24)11-9-12(18)15(20)16(23)14(11)19/h2-6,9,13,22-23H,7-8H2,1H3/t13-/m0/s1. The minimum atomic E-state index is -1.75. The molecule has 0 radical (unpaired) electrons. The molecule has 1 amide bonds. The zero-order valence-corrected chi connectivity index (χ0v) is 12.8. The molecule has 4 nitrogen and oxygen atoms in total. The summed E-state index contributed by atoms with van der Waals surface area (Å²) in [6.07, 6.45) is 0.170. The van der Waals surface area contributed by atoms with Gasteiger partial charge in [0, 0.05) is 13.7 Å². The molecular formula is C17H16F3NO3. The lowest BCUT2D eigenvalue weighted by Gasteiger charge is -2.28. The summed E-state index contributed by atoms with van der Waals surface area (Å²) in [5.41, 5.74) is -0.0950. The summed E-state index contributed by atoms with van der Waals surface area (Å²) in [5, 5.41) is 18.5. The number of rotatable bonds is 5.